The highest BCUT2D eigenvalue weighted by Gasteiger charge is 2.26. The summed E-state index contributed by atoms with van der Waals surface area (Å²) in [5.74, 6) is -0.737. The predicted molar refractivity (Wildman–Crippen MR) is 55.6 cm³/mol. The minimum Gasteiger partial charge on any atom is -0.481 e. The zero-order valence-electron chi connectivity index (χ0n) is 8.95. The van der Waals surface area contributed by atoms with Gasteiger partial charge < -0.3 is 15.7 Å². The fraction of sp³-hybridized carbons (Fsp3) is 0.800. The minimum absolute atomic E-state index is 0.0990. The van der Waals surface area contributed by atoms with Crippen LogP contribution in [0, 0.1) is 0 Å². The van der Waals surface area contributed by atoms with Crippen molar-refractivity contribution < 1.29 is 14.7 Å². The second-order valence-electron chi connectivity index (χ2n) is 4.01. The Morgan fingerprint density at radius 2 is 2.07 bits per heavy atom. The molecule has 1 unspecified atom stereocenters. The maximum atomic E-state index is 10.9. The van der Waals surface area contributed by atoms with E-state index < -0.39 is 5.97 Å². The van der Waals surface area contributed by atoms with E-state index in [-0.39, 0.29) is 24.5 Å². The first-order valence-corrected chi connectivity index (χ1v) is 5.38. The highest BCUT2D eigenvalue weighted by molar-refractivity contribution is 5.77. The van der Waals surface area contributed by atoms with Crippen molar-refractivity contribution in [1.29, 1.82) is 0 Å². The normalized spacial score (nSPS) is 24.7. The number of hydrogen-bond donors (Lipinski definition) is 3. The van der Waals surface area contributed by atoms with Crippen LogP contribution in [0.1, 0.15) is 39.0 Å². The lowest BCUT2D eigenvalue weighted by Gasteiger charge is -2.13. The fourth-order valence-electron chi connectivity index (χ4n) is 1.78. The standard InChI is InChI=1S/C10H18N2O3/c1-7-8(12-10(15)11-7)5-3-2-4-6-9(13)14/h7-8H,2-6H2,1H3,(H,13,14)(H2,11,12,15)/t7-,8?/m0/s1. The molecule has 2 atom stereocenters. The number of urea groups is 1. The van der Waals surface area contributed by atoms with Crippen LogP contribution in [0.25, 0.3) is 0 Å². The molecule has 0 aromatic heterocycles. The Morgan fingerprint density at radius 3 is 2.60 bits per heavy atom. The third kappa shape index (κ3) is 4.18. The van der Waals surface area contributed by atoms with Gasteiger partial charge >= 0.3 is 12.0 Å². The van der Waals surface area contributed by atoms with E-state index >= 15 is 0 Å². The van der Waals surface area contributed by atoms with Crippen molar-refractivity contribution in [3.63, 3.8) is 0 Å². The number of carbonyl (C=O) groups excluding carboxylic acids is 1. The Bertz CT molecular complexity index is 243. The molecule has 0 saturated carbocycles. The van der Waals surface area contributed by atoms with Crippen molar-refractivity contribution in [3.05, 3.63) is 0 Å². The van der Waals surface area contributed by atoms with E-state index in [1.54, 1.807) is 0 Å². The molecule has 0 aromatic carbocycles. The highest BCUT2D eigenvalue weighted by atomic mass is 16.4. The van der Waals surface area contributed by atoms with Crippen molar-refractivity contribution in [3.8, 4) is 0 Å². The molecule has 1 heterocycles. The fourth-order valence-corrected chi connectivity index (χ4v) is 1.78. The van der Waals surface area contributed by atoms with E-state index in [4.69, 9.17) is 5.11 Å². The molecule has 0 radical (unpaired) electrons. The van der Waals surface area contributed by atoms with Gasteiger partial charge in [-0.05, 0) is 19.8 Å². The molecule has 0 aliphatic carbocycles. The Balaban J connectivity index is 2.05. The smallest absolute Gasteiger partial charge is 0.315 e. The van der Waals surface area contributed by atoms with Gasteiger partial charge in [0, 0.05) is 12.5 Å². The van der Waals surface area contributed by atoms with Gasteiger partial charge in [0.25, 0.3) is 0 Å². The van der Waals surface area contributed by atoms with Gasteiger partial charge in [-0.1, -0.05) is 12.8 Å². The van der Waals surface area contributed by atoms with Gasteiger partial charge in [0.1, 0.15) is 0 Å². The van der Waals surface area contributed by atoms with Gasteiger partial charge in [0.2, 0.25) is 0 Å². The third-order valence-corrected chi connectivity index (χ3v) is 2.68. The van der Waals surface area contributed by atoms with E-state index in [0.29, 0.717) is 0 Å². The Labute approximate surface area is 89.2 Å². The lowest BCUT2D eigenvalue weighted by atomic mass is 10.0. The summed E-state index contributed by atoms with van der Waals surface area (Å²) in [5, 5.41) is 14.1. The average molecular weight is 214 g/mol. The second-order valence-corrected chi connectivity index (χ2v) is 4.01. The molecule has 3 N–H and O–H groups in total. The van der Waals surface area contributed by atoms with E-state index in [2.05, 4.69) is 10.6 Å². The SMILES string of the molecule is C[C@@H]1NC(=O)NC1CCCCCC(=O)O. The van der Waals surface area contributed by atoms with Crippen molar-refractivity contribution >= 4 is 12.0 Å². The molecule has 0 spiro atoms. The molecular formula is C10H18N2O3. The molecule has 0 bridgehead atoms. The summed E-state index contributed by atoms with van der Waals surface area (Å²) in [7, 11) is 0. The summed E-state index contributed by atoms with van der Waals surface area (Å²) in [5.41, 5.74) is 0. The number of carboxylic acid groups (broad SMARTS) is 1. The molecule has 0 aromatic rings. The molecule has 1 fully saturated rings. The third-order valence-electron chi connectivity index (χ3n) is 2.68. The number of carboxylic acids is 1. The number of rotatable bonds is 6. The topological polar surface area (TPSA) is 78.4 Å². The summed E-state index contributed by atoms with van der Waals surface area (Å²) >= 11 is 0. The van der Waals surface area contributed by atoms with Gasteiger partial charge in [0.05, 0.1) is 6.04 Å². The first kappa shape index (κ1) is 11.8. The summed E-state index contributed by atoms with van der Waals surface area (Å²) in [6, 6.07) is 0.275. The molecule has 1 aliphatic rings. The monoisotopic (exact) mass is 214 g/mol. The largest absolute Gasteiger partial charge is 0.481 e. The second kappa shape index (κ2) is 5.58. The predicted octanol–water partition coefficient (Wildman–Crippen LogP) is 1.09. The number of amides is 2. The van der Waals surface area contributed by atoms with Crippen LogP contribution in [0.3, 0.4) is 0 Å². The molecular weight excluding hydrogens is 196 g/mol. The van der Waals surface area contributed by atoms with Crippen molar-refractivity contribution in [1.82, 2.24) is 10.6 Å². The summed E-state index contributed by atoms with van der Waals surface area (Å²) in [6.07, 6.45) is 3.75. The molecule has 1 saturated heterocycles. The minimum atomic E-state index is -0.737. The van der Waals surface area contributed by atoms with Crippen molar-refractivity contribution in [2.45, 2.75) is 51.1 Å². The van der Waals surface area contributed by atoms with Crippen LogP contribution in [-0.2, 0) is 4.79 Å². The molecule has 1 rings (SSSR count). The van der Waals surface area contributed by atoms with Gasteiger partial charge in [-0.2, -0.15) is 0 Å². The van der Waals surface area contributed by atoms with Crippen LogP contribution >= 0.6 is 0 Å². The van der Waals surface area contributed by atoms with Crippen molar-refractivity contribution in [2.24, 2.45) is 0 Å². The van der Waals surface area contributed by atoms with E-state index in [1.807, 2.05) is 6.92 Å². The molecule has 5 heteroatoms. The lowest BCUT2D eigenvalue weighted by Crippen LogP contribution is -2.30. The Kier molecular flexibility index (Phi) is 4.39. The maximum absolute atomic E-state index is 10.9. The molecule has 5 nitrogen and oxygen atoms in total. The lowest BCUT2D eigenvalue weighted by molar-refractivity contribution is -0.137. The summed E-state index contributed by atoms with van der Waals surface area (Å²) < 4.78 is 0. The zero-order chi connectivity index (χ0) is 11.3. The van der Waals surface area contributed by atoms with Gasteiger partial charge in [-0.15, -0.1) is 0 Å². The number of nitrogens with one attached hydrogen (secondary N) is 2. The van der Waals surface area contributed by atoms with Gasteiger partial charge in [-0.3, -0.25) is 4.79 Å². The number of carbonyl (C=O) groups is 2. The average Bonchev–Trinajstić information content (AvgIpc) is 2.44. The zero-order valence-corrected chi connectivity index (χ0v) is 8.95. The number of unbranched alkanes of at least 4 members (excludes halogenated alkanes) is 2. The van der Waals surface area contributed by atoms with Crippen LogP contribution < -0.4 is 10.6 Å². The molecule has 86 valence electrons. The summed E-state index contributed by atoms with van der Waals surface area (Å²) in [6.45, 7) is 1.97. The maximum Gasteiger partial charge on any atom is 0.315 e. The van der Waals surface area contributed by atoms with Gasteiger partial charge in [-0.25, -0.2) is 4.79 Å². The highest BCUT2D eigenvalue weighted by Crippen LogP contribution is 2.11. The van der Waals surface area contributed by atoms with Crippen LogP contribution in [0.2, 0.25) is 0 Å². The van der Waals surface area contributed by atoms with Crippen molar-refractivity contribution in [2.75, 3.05) is 0 Å². The van der Waals surface area contributed by atoms with Gasteiger partial charge in [0.15, 0.2) is 0 Å². The molecule has 2 amide bonds. The molecule has 15 heavy (non-hydrogen) atoms. The van der Waals surface area contributed by atoms with Crippen LogP contribution in [0.15, 0.2) is 0 Å². The summed E-state index contributed by atoms with van der Waals surface area (Å²) in [4.78, 5) is 21.2. The van der Waals surface area contributed by atoms with E-state index in [0.717, 1.165) is 25.7 Å². The first-order valence-electron chi connectivity index (χ1n) is 5.38. The van der Waals surface area contributed by atoms with E-state index in [9.17, 15) is 9.59 Å². The van der Waals surface area contributed by atoms with E-state index in [1.165, 1.54) is 0 Å². The van der Waals surface area contributed by atoms with Crippen LogP contribution in [-0.4, -0.2) is 29.2 Å². The van der Waals surface area contributed by atoms with Crippen LogP contribution in [0.4, 0.5) is 4.79 Å². The molecule has 1 aliphatic heterocycles. The Hall–Kier alpha value is -1.26. The Morgan fingerprint density at radius 1 is 1.33 bits per heavy atom. The number of hydrogen-bond acceptors (Lipinski definition) is 2. The van der Waals surface area contributed by atoms with Crippen LogP contribution in [0.5, 0.6) is 0 Å². The quantitative estimate of drug-likeness (QED) is 0.579. The number of aliphatic carboxylic acids is 1. The first-order chi connectivity index (χ1) is 7.09.